The summed E-state index contributed by atoms with van der Waals surface area (Å²) in [5.41, 5.74) is 0.714. The summed E-state index contributed by atoms with van der Waals surface area (Å²) in [7, 11) is -1.13. The van der Waals surface area contributed by atoms with Gasteiger partial charge in [0.05, 0.1) is 26.2 Å². The summed E-state index contributed by atoms with van der Waals surface area (Å²) in [5.74, 6) is -0.589. The SMILES string of the molecule is CCC(C(=O)NCC(C)C)N(Cc1ccc(F)cc1)C(=O)CN(c1cc(OC)ccc1OC)S(C)(=O)=O. The number of benzene rings is 2. The molecule has 0 bridgehead atoms. The molecule has 0 saturated heterocycles. The molecule has 0 fully saturated rings. The molecule has 0 spiro atoms. The number of nitrogens with zero attached hydrogens (tertiary/aromatic N) is 2. The van der Waals surface area contributed by atoms with E-state index in [1.54, 1.807) is 19.1 Å². The van der Waals surface area contributed by atoms with Crippen LogP contribution in [0.3, 0.4) is 0 Å². The van der Waals surface area contributed by atoms with Crippen LogP contribution < -0.4 is 19.1 Å². The second-order valence-corrected chi connectivity index (χ2v) is 10.9. The molecule has 0 heterocycles. The van der Waals surface area contributed by atoms with Crippen molar-refractivity contribution in [2.75, 3.05) is 37.9 Å². The van der Waals surface area contributed by atoms with Crippen LogP contribution in [0.5, 0.6) is 11.5 Å². The van der Waals surface area contributed by atoms with Crippen molar-refractivity contribution in [2.24, 2.45) is 5.92 Å². The van der Waals surface area contributed by atoms with Gasteiger partial charge < -0.3 is 19.7 Å². The molecular formula is C26H36FN3O6S. The Balaban J connectivity index is 2.50. The summed E-state index contributed by atoms with van der Waals surface area (Å²) in [5, 5.41) is 2.85. The first kappa shape index (κ1) is 29.9. The van der Waals surface area contributed by atoms with Crippen LogP contribution in [0.4, 0.5) is 10.1 Å². The first-order chi connectivity index (χ1) is 17.4. The molecule has 1 unspecified atom stereocenters. The lowest BCUT2D eigenvalue weighted by Gasteiger charge is -2.33. The Morgan fingerprint density at radius 2 is 1.70 bits per heavy atom. The van der Waals surface area contributed by atoms with Gasteiger partial charge in [-0.25, -0.2) is 12.8 Å². The van der Waals surface area contributed by atoms with Gasteiger partial charge in [-0.05, 0) is 42.2 Å². The lowest BCUT2D eigenvalue weighted by atomic mass is 10.1. The molecule has 37 heavy (non-hydrogen) atoms. The highest BCUT2D eigenvalue weighted by Crippen LogP contribution is 2.34. The van der Waals surface area contributed by atoms with E-state index in [2.05, 4.69) is 5.32 Å². The minimum absolute atomic E-state index is 0.0143. The van der Waals surface area contributed by atoms with Gasteiger partial charge in [-0.2, -0.15) is 0 Å². The number of halogens is 1. The Kier molecular flexibility index (Phi) is 10.7. The lowest BCUT2D eigenvalue weighted by Crippen LogP contribution is -2.52. The molecule has 2 aromatic carbocycles. The molecule has 2 amide bonds. The minimum Gasteiger partial charge on any atom is -0.497 e. The molecule has 2 aromatic rings. The number of hydrogen-bond acceptors (Lipinski definition) is 6. The molecule has 0 aliphatic rings. The third-order valence-electron chi connectivity index (χ3n) is 5.67. The second-order valence-electron chi connectivity index (χ2n) is 9.02. The number of amides is 2. The molecule has 1 atom stereocenters. The Morgan fingerprint density at radius 3 is 2.22 bits per heavy atom. The molecule has 0 radical (unpaired) electrons. The predicted octanol–water partition coefficient (Wildman–Crippen LogP) is 3.19. The first-order valence-electron chi connectivity index (χ1n) is 11.9. The topological polar surface area (TPSA) is 105 Å². The summed E-state index contributed by atoms with van der Waals surface area (Å²) in [6.07, 6.45) is 1.27. The third kappa shape index (κ3) is 8.34. The van der Waals surface area contributed by atoms with Gasteiger partial charge in [0.25, 0.3) is 0 Å². The van der Waals surface area contributed by atoms with Crippen molar-refractivity contribution in [3.63, 3.8) is 0 Å². The monoisotopic (exact) mass is 537 g/mol. The zero-order chi connectivity index (χ0) is 27.8. The van der Waals surface area contributed by atoms with E-state index >= 15 is 0 Å². The van der Waals surface area contributed by atoms with Crippen molar-refractivity contribution >= 4 is 27.5 Å². The van der Waals surface area contributed by atoms with E-state index in [0.717, 1.165) is 10.6 Å². The first-order valence-corrected chi connectivity index (χ1v) is 13.8. The maximum atomic E-state index is 13.7. The summed E-state index contributed by atoms with van der Waals surface area (Å²) >= 11 is 0. The fourth-order valence-corrected chi connectivity index (χ4v) is 4.56. The second kappa shape index (κ2) is 13.3. The summed E-state index contributed by atoms with van der Waals surface area (Å²) < 4.78 is 50.7. The van der Waals surface area contributed by atoms with Gasteiger partial charge in [-0.3, -0.25) is 13.9 Å². The highest BCUT2D eigenvalue weighted by atomic mass is 32.2. The number of carbonyl (C=O) groups excluding carboxylic acids is 2. The number of anilines is 1. The highest BCUT2D eigenvalue weighted by molar-refractivity contribution is 7.92. The van der Waals surface area contributed by atoms with Crippen molar-refractivity contribution in [3.8, 4) is 11.5 Å². The highest BCUT2D eigenvalue weighted by Gasteiger charge is 2.32. The van der Waals surface area contributed by atoms with E-state index < -0.39 is 34.3 Å². The summed E-state index contributed by atoms with van der Waals surface area (Å²) in [6, 6.07) is 9.32. The quantitative estimate of drug-likeness (QED) is 0.421. The lowest BCUT2D eigenvalue weighted by molar-refractivity contribution is -0.140. The van der Waals surface area contributed by atoms with Crippen LogP contribution in [0, 0.1) is 11.7 Å². The number of ether oxygens (including phenoxy) is 2. The molecule has 0 aliphatic carbocycles. The fourth-order valence-electron chi connectivity index (χ4n) is 3.71. The fraction of sp³-hybridized carbons (Fsp3) is 0.462. The van der Waals surface area contributed by atoms with Crippen LogP contribution in [0.15, 0.2) is 42.5 Å². The van der Waals surface area contributed by atoms with Gasteiger partial charge in [0, 0.05) is 19.2 Å². The van der Waals surface area contributed by atoms with Crippen LogP contribution in [-0.4, -0.2) is 64.7 Å². The van der Waals surface area contributed by atoms with Gasteiger partial charge >= 0.3 is 0 Å². The van der Waals surface area contributed by atoms with Crippen molar-refractivity contribution in [3.05, 3.63) is 53.8 Å². The Bertz CT molecular complexity index is 1170. The molecule has 2 rings (SSSR count). The van der Waals surface area contributed by atoms with Gasteiger partial charge in [0.15, 0.2) is 0 Å². The number of hydrogen-bond donors (Lipinski definition) is 1. The largest absolute Gasteiger partial charge is 0.497 e. The zero-order valence-corrected chi connectivity index (χ0v) is 23.0. The average Bonchev–Trinajstić information content (AvgIpc) is 2.85. The standard InChI is InChI=1S/C26H36FN3O6S/c1-7-22(26(32)28-15-18(2)3)29(16-19-8-10-20(27)11-9-19)25(31)17-30(37(6,33)34)23-14-21(35-4)12-13-24(23)36-5/h8-14,18,22H,7,15-17H2,1-6H3,(H,28,32). The number of methoxy groups -OCH3 is 2. The van der Waals surface area contributed by atoms with Crippen LogP contribution in [-0.2, 0) is 26.2 Å². The Labute approximate surface area is 218 Å². The molecule has 0 aliphatic heterocycles. The molecule has 11 heteroatoms. The van der Waals surface area contributed by atoms with Crippen LogP contribution in [0.2, 0.25) is 0 Å². The van der Waals surface area contributed by atoms with Crippen molar-refractivity contribution in [2.45, 2.75) is 39.8 Å². The smallest absolute Gasteiger partial charge is 0.244 e. The van der Waals surface area contributed by atoms with Crippen LogP contribution in [0.1, 0.15) is 32.8 Å². The molecule has 204 valence electrons. The molecule has 9 nitrogen and oxygen atoms in total. The average molecular weight is 538 g/mol. The Hall–Kier alpha value is -3.34. The minimum atomic E-state index is -3.96. The number of sulfonamides is 1. The van der Waals surface area contributed by atoms with Gasteiger partial charge in [0.1, 0.15) is 29.9 Å². The van der Waals surface area contributed by atoms with Crippen LogP contribution >= 0.6 is 0 Å². The van der Waals surface area contributed by atoms with E-state index in [1.165, 1.54) is 49.5 Å². The maximum absolute atomic E-state index is 13.7. The number of carbonyl (C=O) groups is 2. The van der Waals surface area contributed by atoms with E-state index in [0.29, 0.717) is 17.9 Å². The Morgan fingerprint density at radius 1 is 1.05 bits per heavy atom. The van der Waals surface area contributed by atoms with Gasteiger partial charge in [-0.15, -0.1) is 0 Å². The summed E-state index contributed by atoms with van der Waals surface area (Å²) in [4.78, 5) is 28.1. The van der Waals surface area contributed by atoms with Crippen molar-refractivity contribution < 1.29 is 31.9 Å². The number of rotatable bonds is 13. The van der Waals surface area contributed by atoms with Crippen molar-refractivity contribution in [1.29, 1.82) is 0 Å². The van der Waals surface area contributed by atoms with E-state index in [1.807, 2.05) is 13.8 Å². The predicted molar refractivity (Wildman–Crippen MR) is 141 cm³/mol. The third-order valence-corrected chi connectivity index (χ3v) is 6.80. The molecule has 0 saturated carbocycles. The molecule has 0 aromatic heterocycles. The zero-order valence-electron chi connectivity index (χ0n) is 22.2. The normalized spacial score (nSPS) is 12.1. The van der Waals surface area contributed by atoms with E-state index in [9.17, 15) is 22.4 Å². The van der Waals surface area contributed by atoms with Crippen molar-refractivity contribution in [1.82, 2.24) is 10.2 Å². The van der Waals surface area contributed by atoms with E-state index in [-0.39, 0.29) is 36.2 Å². The molecular weight excluding hydrogens is 501 g/mol. The molecule has 1 N–H and O–H groups in total. The van der Waals surface area contributed by atoms with Gasteiger partial charge in [-0.1, -0.05) is 32.9 Å². The van der Waals surface area contributed by atoms with Gasteiger partial charge in [0.2, 0.25) is 21.8 Å². The van der Waals surface area contributed by atoms with E-state index in [4.69, 9.17) is 9.47 Å². The maximum Gasteiger partial charge on any atom is 0.244 e. The van der Waals surface area contributed by atoms with Crippen LogP contribution in [0.25, 0.3) is 0 Å². The number of nitrogens with one attached hydrogen (secondary N) is 1. The summed E-state index contributed by atoms with van der Waals surface area (Å²) in [6.45, 7) is 5.49.